The highest BCUT2D eigenvalue weighted by Crippen LogP contribution is 2.32. The molecule has 1 saturated heterocycles. The molecule has 0 unspecified atom stereocenters. The molecule has 212 valence electrons. The van der Waals surface area contributed by atoms with Crippen LogP contribution in [-0.2, 0) is 42.9 Å². The molecule has 0 aliphatic carbocycles. The first kappa shape index (κ1) is 28.8. The third-order valence-corrected chi connectivity index (χ3v) is 6.60. The molecule has 0 bridgehead atoms. The van der Waals surface area contributed by atoms with Gasteiger partial charge in [0.2, 0.25) is 12.4 Å². The minimum atomic E-state index is -1.42. The van der Waals surface area contributed by atoms with Gasteiger partial charge in [0.25, 0.3) is 0 Å². The van der Waals surface area contributed by atoms with Crippen molar-refractivity contribution in [2.45, 2.75) is 58.4 Å². The molecular formula is C27H26O12S. The van der Waals surface area contributed by atoms with Crippen LogP contribution in [0.4, 0.5) is 0 Å². The van der Waals surface area contributed by atoms with Gasteiger partial charge in [0.15, 0.2) is 12.2 Å². The van der Waals surface area contributed by atoms with E-state index in [9.17, 15) is 24.0 Å². The number of carbonyl (C=O) groups excluding carboxylic acids is 4. The van der Waals surface area contributed by atoms with Crippen molar-refractivity contribution in [3.8, 4) is 16.2 Å². The lowest BCUT2D eigenvalue weighted by Gasteiger charge is -2.43. The molecule has 12 nitrogen and oxygen atoms in total. The van der Waals surface area contributed by atoms with Crippen LogP contribution >= 0.6 is 11.3 Å². The summed E-state index contributed by atoms with van der Waals surface area (Å²) in [5.74, 6) is -2.75. The summed E-state index contributed by atoms with van der Waals surface area (Å²) in [6.07, 6.45) is -6.68. The van der Waals surface area contributed by atoms with E-state index in [0.717, 1.165) is 25.6 Å². The molecule has 5 atom stereocenters. The fourth-order valence-corrected chi connectivity index (χ4v) is 4.92. The molecule has 40 heavy (non-hydrogen) atoms. The number of hydrogen-bond donors (Lipinski definition) is 0. The number of thiophene rings is 1. The zero-order chi connectivity index (χ0) is 29.0. The molecule has 0 spiro atoms. The first-order valence-corrected chi connectivity index (χ1v) is 13.0. The molecule has 1 aliphatic heterocycles. The third-order valence-electron chi connectivity index (χ3n) is 5.69. The fraction of sp³-hybridized carbons (Fsp3) is 0.370. The van der Waals surface area contributed by atoms with Gasteiger partial charge in [-0.3, -0.25) is 19.2 Å². The second-order valence-electron chi connectivity index (χ2n) is 8.81. The van der Waals surface area contributed by atoms with E-state index in [2.05, 4.69) is 0 Å². The summed E-state index contributed by atoms with van der Waals surface area (Å²) >= 11 is 1.40. The highest BCUT2D eigenvalue weighted by molar-refractivity contribution is 7.13. The number of benzene rings is 1. The number of ether oxygens (including phenoxy) is 6. The maximum absolute atomic E-state index is 12.6. The van der Waals surface area contributed by atoms with E-state index in [4.69, 9.17) is 32.8 Å². The van der Waals surface area contributed by atoms with E-state index >= 15 is 0 Å². The van der Waals surface area contributed by atoms with Crippen LogP contribution in [0, 0.1) is 0 Å². The number of carbonyl (C=O) groups is 4. The second kappa shape index (κ2) is 12.3. The Hall–Kier alpha value is -4.23. The Morgan fingerprint density at radius 3 is 2.15 bits per heavy atom. The van der Waals surface area contributed by atoms with Crippen LogP contribution in [0.1, 0.15) is 27.7 Å². The molecule has 1 fully saturated rings. The molecular weight excluding hydrogens is 548 g/mol. The van der Waals surface area contributed by atoms with Crippen molar-refractivity contribution in [1.82, 2.24) is 0 Å². The Morgan fingerprint density at radius 2 is 1.52 bits per heavy atom. The molecule has 3 heterocycles. The van der Waals surface area contributed by atoms with E-state index < -0.39 is 66.8 Å². The second-order valence-corrected chi connectivity index (χ2v) is 9.76. The quantitative estimate of drug-likeness (QED) is 0.221. The van der Waals surface area contributed by atoms with Crippen LogP contribution < -0.4 is 10.4 Å². The van der Waals surface area contributed by atoms with Gasteiger partial charge in [-0.15, -0.1) is 11.3 Å². The highest BCUT2D eigenvalue weighted by Gasteiger charge is 2.53. The van der Waals surface area contributed by atoms with E-state index in [1.165, 1.54) is 24.3 Å². The monoisotopic (exact) mass is 574 g/mol. The van der Waals surface area contributed by atoms with Crippen molar-refractivity contribution >= 4 is 46.2 Å². The Balaban J connectivity index is 1.70. The first-order chi connectivity index (χ1) is 19.0. The Bertz CT molecular complexity index is 1460. The Kier molecular flexibility index (Phi) is 8.85. The molecule has 0 N–H and O–H groups in total. The summed E-state index contributed by atoms with van der Waals surface area (Å²) in [4.78, 5) is 60.8. The number of rotatable bonds is 8. The standard InChI is InChI=1S/C27H26O12S/c1-13(28)33-12-21-23(34-14(2)29)24(35-15(3)30)25(36-16(4)31)27(39-21)37-18-8-7-17-10-19(22-6-5-9-40-22)26(32)38-20(17)11-18/h5-11,21,23-25,27H,12H2,1-4H3/t21-,23+,24+,25-,27-/m1/s1. The minimum Gasteiger partial charge on any atom is -0.463 e. The van der Waals surface area contributed by atoms with Crippen LogP contribution in [0.25, 0.3) is 21.4 Å². The van der Waals surface area contributed by atoms with Crippen molar-refractivity contribution in [2.75, 3.05) is 6.61 Å². The molecule has 0 saturated carbocycles. The summed E-state index contributed by atoms with van der Waals surface area (Å²) in [5.41, 5.74) is 0.0867. The Labute approximate surface area is 231 Å². The van der Waals surface area contributed by atoms with Crippen LogP contribution in [0.5, 0.6) is 5.75 Å². The molecule has 2 aromatic heterocycles. The number of esters is 4. The van der Waals surface area contributed by atoms with E-state index in [-0.39, 0.29) is 11.3 Å². The van der Waals surface area contributed by atoms with Crippen LogP contribution in [0.15, 0.2) is 51.0 Å². The third kappa shape index (κ3) is 6.85. The summed E-state index contributed by atoms with van der Waals surface area (Å²) in [6, 6.07) is 10.0. The van der Waals surface area contributed by atoms with Crippen molar-refractivity contribution in [2.24, 2.45) is 0 Å². The van der Waals surface area contributed by atoms with Gasteiger partial charge in [-0.25, -0.2) is 4.79 Å². The predicted molar refractivity (Wildman–Crippen MR) is 138 cm³/mol. The topological polar surface area (TPSA) is 154 Å². The fourth-order valence-electron chi connectivity index (χ4n) is 4.19. The molecule has 4 rings (SSSR count). The lowest BCUT2D eigenvalue weighted by atomic mass is 9.98. The van der Waals surface area contributed by atoms with Gasteiger partial charge in [-0.1, -0.05) is 6.07 Å². The normalized spacial score (nSPS) is 22.2. The van der Waals surface area contributed by atoms with Gasteiger partial charge in [0, 0.05) is 44.0 Å². The van der Waals surface area contributed by atoms with Gasteiger partial charge in [0.1, 0.15) is 24.0 Å². The van der Waals surface area contributed by atoms with Gasteiger partial charge in [0.05, 0.1) is 5.56 Å². The van der Waals surface area contributed by atoms with Gasteiger partial charge in [-0.05, 0) is 29.6 Å². The Morgan fingerprint density at radius 1 is 0.850 bits per heavy atom. The van der Waals surface area contributed by atoms with Crippen molar-refractivity contribution in [1.29, 1.82) is 0 Å². The van der Waals surface area contributed by atoms with Crippen molar-refractivity contribution in [3.63, 3.8) is 0 Å². The molecule has 13 heteroatoms. The average molecular weight is 575 g/mol. The van der Waals surface area contributed by atoms with Gasteiger partial charge < -0.3 is 32.8 Å². The minimum absolute atomic E-state index is 0.153. The average Bonchev–Trinajstić information content (AvgIpc) is 3.40. The summed E-state index contributed by atoms with van der Waals surface area (Å²) in [7, 11) is 0. The van der Waals surface area contributed by atoms with Crippen molar-refractivity contribution in [3.05, 3.63) is 52.2 Å². The lowest BCUT2D eigenvalue weighted by molar-refractivity contribution is -0.288. The van der Waals surface area contributed by atoms with Crippen molar-refractivity contribution < 1.29 is 52.0 Å². The molecule has 0 amide bonds. The highest BCUT2D eigenvalue weighted by atomic mass is 32.1. The predicted octanol–water partition coefficient (Wildman–Crippen LogP) is 2.98. The molecule has 0 radical (unpaired) electrons. The summed E-state index contributed by atoms with van der Waals surface area (Å²) in [6.45, 7) is 4.16. The number of hydrogen-bond acceptors (Lipinski definition) is 13. The summed E-state index contributed by atoms with van der Waals surface area (Å²) in [5, 5.41) is 2.47. The van der Waals surface area contributed by atoms with Gasteiger partial charge in [-0.2, -0.15) is 0 Å². The van der Waals surface area contributed by atoms with Crippen LogP contribution in [0.3, 0.4) is 0 Å². The number of fused-ring (bicyclic) bond motifs is 1. The maximum atomic E-state index is 12.6. The van der Waals surface area contributed by atoms with Crippen LogP contribution in [0.2, 0.25) is 0 Å². The SMILES string of the molecule is CC(=O)OC[C@H]1O[C@@H](Oc2ccc3cc(-c4cccs4)c(=O)oc3c2)[C@H](OC(C)=O)[C@@H](OC(C)=O)[C@H]1OC(C)=O. The largest absolute Gasteiger partial charge is 0.463 e. The zero-order valence-corrected chi connectivity index (χ0v) is 22.8. The van der Waals surface area contributed by atoms with E-state index in [1.807, 2.05) is 17.5 Å². The van der Waals surface area contributed by atoms with Gasteiger partial charge >= 0.3 is 29.5 Å². The van der Waals surface area contributed by atoms with Crippen LogP contribution in [-0.4, -0.2) is 61.2 Å². The maximum Gasteiger partial charge on any atom is 0.345 e. The smallest absolute Gasteiger partial charge is 0.345 e. The molecule has 1 aliphatic rings. The lowest BCUT2D eigenvalue weighted by Crippen LogP contribution is -2.63. The molecule has 1 aromatic carbocycles. The molecule has 3 aromatic rings. The zero-order valence-electron chi connectivity index (χ0n) is 21.9. The van der Waals surface area contributed by atoms with E-state index in [0.29, 0.717) is 10.9 Å². The summed E-state index contributed by atoms with van der Waals surface area (Å²) < 4.78 is 38.7. The first-order valence-electron chi connectivity index (χ1n) is 12.1. The van der Waals surface area contributed by atoms with E-state index in [1.54, 1.807) is 18.2 Å².